The van der Waals surface area contributed by atoms with Crippen LogP contribution in [-0.4, -0.2) is 5.24 Å². The van der Waals surface area contributed by atoms with E-state index in [4.69, 9.17) is 11.6 Å². The average Bonchev–Trinajstić information content (AvgIpc) is 2.12. The van der Waals surface area contributed by atoms with E-state index in [0.717, 1.165) is 22.3 Å². The third kappa shape index (κ3) is 9.66. The van der Waals surface area contributed by atoms with E-state index in [1.54, 1.807) is 0 Å². The fourth-order valence-electron chi connectivity index (χ4n) is 1.32. The fraction of sp³-hybridized carbons (Fsp3) is 0.400. The van der Waals surface area contributed by atoms with Crippen molar-refractivity contribution in [2.75, 3.05) is 0 Å². The van der Waals surface area contributed by atoms with Gasteiger partial charge in [0, 0.05) is 0 Å². The molecule has 0 spiro atoms. The van der Waals surface area contributed by atoms with Crippen molar-refractivity contribution >= 4 is 16.8 Å². The largest absolute Gasteiger partial charge is 0.281 e. The fourth-order valence-corrected chi connectivity index (χ4v) is 1.52. The topological polar surface area (TPSA) is 17.1 Å². The number of hydrogen-bond acceptors (Lipinski definition) is 1. The molecule has 0 bridgehead atoms. The van der Waals surface area contributed by atoms with Gasteiger partial charge in [-0.2, -0.15) is 0 Å². The van der Waals surface area contributed by atoms with E-state index < -0.39 is 0 Å². The molecule has 0 heterocycles. The molecule has 92 valence electrons. The van der Waals surface area contributed by atoms with E-state index in [1.165, 1.54) is 0 Å². The Balaban J connectivity index is 4.93. The Labute approximate surface area is 109 Å². The molecule has 0 aliphatic carbocycles. The quantitative estimate of drug-likeness (QED) is 0.402. The van der Waals surface area contributed by atoms with Crippen LogP contribution in [0.4, 0.5) is 0 Å². The minimum atomic E-state index is -0.354. The van der Waals surface area contributed by atoms with Crippen molar-refractivity contribution in [3.8, 4) is 0 Å². The van der Waals surface area contributed by atoms with Crippen LogP contribution in [0.15, 0.2) is 45.9 Å². The molecule has 0 saturated carbocycles. The van der Waals surface area contributed by atoms with Crippen molar-refractivity contribution in [3.63, 3.8) is 0 Å². The highest BCUT2D eigenvalue weighted by atomic mass is 35.5. The molecule has 1 nitrogen and oxygen atoms in total. The van der Waals surface area contributed by atoms with E-state index >= 15 is 0 Å². The van der Waals surface area contributed by atoms with Gasteiger partial charge in [-0.1, -0.05) is 12.2 Å². The first-order valence-electron chi connectivity index (χ1n) is 5.51. The van der Waals surface area contributed by atoms with Gasteiger partial charge in [-0.3, -0.25) is 4.79 Å². The smallest absolute Gasteiger partial charge is 0.226 e. The summed E-state index contributed by atoms with van der Waals surface area (Å²) in [5, 5.41) is -0.354. The zero-order valence-electron chi connectivity index (χ0n) is 11.1. The molecule has 0 aliphatic heterocycles. The summed E-state index contributed by atoms with van der Waals surface area (Å²) in [6.07, 6.45) is 4.17. The lowest BCUT2D eigenvalue weighted by Crippen LogP contribution is -1.85. The number of hydrogen-bond donors (Lipinski definition) is 0. The predicted molar refractivity (Wildman–Crippen MR) is 74.1 cm³/mol. The highest BCUT2D eigenvalue weighted by Crippen LogP contribution is 2.05. The Kier molecular flexibility index (Phi) is 7.34. The van der Waals surface area contributed by atoms with E-state index in [9.17, 15) is 4.79 Å². The van der Waals surface area contributed by atoms with Crippen LogP contribution >= 0.6 is 11.6 Å². The normalized spacial score (nSPS) is 9.53. The van der Waals surface area contributed by atoms with E-state index in [1.807, 2.05) is 46.8 Å². The first-order valence-corrected chi connectivity index (χ1v) is 5.89. The second-order valence-corrected chi connectivity index (χ2v) is 4.68. The first kappa shape index (κ1) is 15.7. The zero-order valence-corrected chi connectivity index (χ0v) is 11.9. The SMILES string of the molecule is CC(C)=C=C(C)/C=C\C(C)=C=C(C)CC(=O)Cl. The lowest BCUT2D eigenvalue weighted by atomic mass is 10.1. The second kappa shape index (κ2) is 7.92. The maximum Gasteiger partial charge on any atom is 0.226 e. The molecule has 0 N–H and O–H groups in total. The van der Waals surface area contributed by atoms with Gasteiger partial charge in [-0.05, 0) is 68.5 Å². The summed E-state index contributed by atoms with van der Waals surface area (Å²) >= 11 is 5.30. The van der Waals surface area contributed by atoms with Crippen molar-refractivity contribution in [2.45, 2.75) is 41.0 Å². The van der Waals surface area contributed by atoms with Crippen LogP contribution in [0, 0.1) is 0 Å². The van der Waals surface area contributed by atoms with Crippen LogP contribution < -0.4 is 0 Å². The summed E-state index contributed by atoms with van der Waals surface area (Å²) in [6, 6.07) is 0. The number of carbonyl (C=O) groups excluding carboxylic acids is 1. The third-order valence-corrected chi connectivity index (χ3v) is 1.98. The van der Waals surface area contributed by atoms with Crippen LogP contribution in [0.3, 0.4) is 0 Å². The summed E-state index contributed by atoms with van der Waals surface area (Å²) in [6.45, 7) is 9.80. The van der Waals surface area contributed by atoms with Gasteiger partial charge in [0.1, 0.15) is 0 Å². The summed E-state index contributed by atoms with van der Waals surface area (Å²) in [4.78, 5) is 10.7. The lowest BCUT2D eigenvalue weighted by Gasteiger charge is -1.92. The minimum absolute atomic E-state index is 0.246. The summed E-state index contributed by atoms with van der Waals surface area (Å²) in [7, 11) is 0. The zero-order chi connectivity index (χ0) is 13.4. The van der Waals surface area contributed by atoms with Crippen LogP contribution in [-0.2, 0) is 4.79 Å². The first-order chi connectivity index (χ1) is 7.81. The van der Waals surface area contributed by atoms with Gasteiger partial charge in [-0.15, -0.1) is 11.5 Å². The Morgan fingerprint density at radius 1 is 1.00 bits per heavy atom. The molecule has 0 fully saturated rings. The Hall–Kier alpha value is -1.26. The van der Waals surface area contributed by atoms with Gasteiger partial charge in [0.25, 0.3) is 0 Å². The van der Waals surface area contributed by atoms with Crippen LogP contribution in [0.2, 0.25) is 0 Å². The minimum Gasteiger partial charge on any atom is -0.281 e. The lowest BCUT2D eigenvalue weighted by molar-refractivity contribution is -0.111. The van der Waals surface area contributed by atoms with Crippen molar-refractivity contribution in [3.05, 3.63) is 45.9 Å². The number of carbonyl (C=O) groups is 1. The molecular formula is C15H19ClO. The summed E-state index contributed by atoms with van der Waals surface area (Å²) < 4.78 is 0. The molecule has 0 atom stereocenters. The molecule has 0 amide bonds. The van der Waals surface area contributed by atoms with Crippen LogP contribution in [0.5, 0.6) is 0 Å². The second-order valence-electron chi connectivity index (χ2n) is 4.26. The maximum absolute atomic E-state index is 10.7. The van der Waals surface area contributed by atoms with Crippen molar-refractivity contribution < 1.29 is 4.79 Å². The van der Waals surface area contributed by atoms with Crippen molar-refractivity contribution in [1.82, 2.24) is 0 Å². The highest BCUT2D eigenvalue weighted by Gasteiger charge is 1.95. The standard InChI is InChI=1S/C15H19ClO/c1-11(2)8-12(3)6-7-13(4)9-14(5)10-15(16)17/h6-7H,10H2,1-5H3/b7-6-. The van der Waals surface area contributed by atoms with E-state index in [0.29, 0.717) is 0 Å². The highest BCUT2D eigenvalue weighted by molar-refractivity contribution is 6.63. The van der Waals surface area contributed by atoms with Gasteiger partial charge < -0.3 is 0 Å². The third-order valence-electron chi connectivity index (χ3n) is 1.85. The van der Waals surface area contributed by atoms with E-state index in [-0.39, 0.29) is 11.7 Å². The molecule has 0 aliphatic rings. The van der Waals surface area contributed by atoms with Crippen molar-refractivity contribution in [2.24, 2.45) is 0 Å². The van der Waals surface area contributed by atoms with Crippen LogP contribution in [0.25, 0.3) is 0 Å². The Morgan fingerprint density at radius 2 is 1.47 bits per heavy atom. The molecule has 0 aromatic carbocycles. The van der Waals surface area contributed by atoms with Gasteiger partial charge in [-0.25, -0.2) is 0 Å². The van der Waals surface area contributed by atoms with E-state index in [2.05, 4.69) is 11.5 Å². The number of halogens is 1. The molecule has 0 unspecified atom stereocenters. The molecule has 0 rings (SSSR count). The summed E-state index contributed by atoms with van der Waals surface area (Å²) in [5.74, 6) is 0. The molecule has 17 heavy (non-hydrogen) atoms. The molecule has 2 heteroatoms. The number of rotatable bonds is 4. The summed E-state index contributed by atoms with van der Waals surface area (Å²) in [5.41, 5.74) is 10.3. The van der Waals surface area contributed by atoms with Gasteiger partial charge in [0.05, 0.1) is 6.42 Å². The molecular weight excluding hydrogens is 232 g/mol. The van der Waals surface area contributed by atoms with Crippen LogP contribution in [0.1, 0.15) is 41.0 Å². The van der Waals surface area contributed by atoms with Gasteiger partial charge >= 0.3 is 0 Å². The Bertz CT molecular complexity index is 447. The molecule has 0 aromatic rings. The number of allylic oxidation sites excluding steroid dienone is 4. The average molecular weight is 251 g/mol. The van der Waals surface area contributed by atoms with Gasteiger partial charge in [0.15, 0.2) is 0 Å². The van der Waals surface area contributed by atoms with Crippen molar-refractivity contribution in [1.29, 1.82) is 0 Å². The Morgan fingerprint density at radius 3 is 1.88 bits per heavy atom. The molecule has 0 saturated heterocycles. The maximum atomic E-state index is 10.7. The predicted octanol–water partition coefficient (Wildman–Crippen LogP) is 4.70. The molecule has 0 aromatic heterocycles. The monoisotopic (exact) mass is 250 g/mol. The van der Waals surface area contributed by atoms with Gasteiger partial charge in [0.2, 0.25) is 5.24 Å². The molecule has 0 radical (unpaired) electrons.